The van der Waals surface area contributed by atoms with Gasteiger partial charge in [-0.15, -0.1) is 0 Å². The molecule has 1 unspecified atom stereocenters. The molecule has 2 aromatic rings. The van der Waals surface area contributed by atoms with Crippen LogP contribution in [-0.4, -0.2) is 30.4 Å². The Kier molecular flexibility index (Phi) is 5.09. The minimum absolute atomic E-state index is 0.0821. The van der Waals surface area contributed by atoms with Crippen molar-refractivity contribution in [1.29, 1.82) is 0 Å². The van der Waals surface area contributed by atoms with Crippen molar-refractivity contribution in [3.05, 3.63) is 40.0 Å². The summed E-state index contributed by atoms with van der Waals surface area (Å²) in [6, 6.07) is -0.144. The summed E-state index contributed by atoms with van der Waals surface area (Å²) in [6.45, 7) is 6.88. The molecule has 9 heteroatoms. The van der Waals surface area contributed by atoms with Crippen molar-refractivity contribution in [2.75, 3.05) is 0 Å². The van der Waals surface area contributed by atoms with E-state index in [1.54, 1.807) is 0 Å². The molecule has 0 aliphatic heterocycles. The van der Waals surface area contributed by atoms with Crippen LogP contribution < -0.4 is 5.32 Å². The maximum atomic E-state index is 12.0. The van der Waals surface area contributed by atoms with Crippen LogP contribution in [-0.2, 0) is 17.9 Å². The highest BCUT2D eigenvalue weighted by molar-refractivity contribution is 5.76. The fraction of sp³-hybridized carbons (Fsp3) is 0.500. The minimum Gasteiger partial charge on any atom is -0.349 e. The number of aryl methyl sites for hydroxylation is 3. The first-order valence-corrected chi connectivity index (χ1v) is 7.40. The van der Waals surface area contributed by atoms with E-state index in [9.17, 15) is 14.9 Å². The number of rotatable bonds is 7. The van der Waals surface area contributed by atoms with E-state index in [1.165, 1.54) is 17.1 Å². The van der Waals surface area contributed by atoms with Gasteiger partial charge in [0, 0.05) is 31.3 Å². The molecule has 1 amide bonds. The standard InChI is InChI=1S/C14H20N6O3/c1-4-18-9-13(11(3)17-18)10(2)16-14(21)5-6-19-8-12(7-15-19)20(22)23/h7-10H,4-6H2,1-3H3,(H,16,21). The number of nitrogens with one attached hydrogen (secondary N) is 1. The van der Waals surface area contributed by atoms with Crippen LogP contribution in [0.1, 0.15) is 37.6 Å². The van der Waals surface area contributed by atoms with Gasteiger partial charge < -0.3 is 5.32 Å². The lowest BCUT2D eigenvalue weighted by atomic mass is 10.1. The summed E-state index contributed by atoms with van der Waals surface area (Å²) < 4.78 is 3.22. The van der Waals surface area contributed by atoms with Gasteiger partial charge in [-0.05, 0) is 20.8 Å². The van der Waals surface area contributed by atoms with Gasteiger partial charge in [0.15, 0.2) is 0 Å². The van der Waals surface area contributed by atoms with E-state index in [0.717, 1.165) is 17.8 Å². The summed E-state index contributed by atoms with van der Waals surface area (Å²) in [5, 5.41) is 21.7. The molecule has 1 N–H and O–H groups in total. The van der Waals surface area contributed by atoms with Gasteiger partial charge in [-0.1, -0.05) is 0 Å². The summed E-state index contributed by atoms with van der Waals surface area (Å²) in [5.41, 5.74) is 1.79. The predicted molar refractivity (Wildman–Crippen MR) is 82.7 cm³/mol. The van der Waals surface area contributed by atoms with Gasteiger partial charge in [-0.3, -0.25) is 24.3 Å². The second-order valence-corrected chi connectivity index (χ2v) is 5.28. The molecule has 0 aliphatic rings. The van der Waals surface area contributed by atoms with Crippen LogP contribution in [0.4, 0.5) is 5.69 Å². The van der Waals surface area contributed by atoms with Crippen LogP contribution in [0.5, 0.6) is 0 Å². The quantitative estimate of drug-likeness (QED) is 0.615. The maximum Gasteiger partial charge on any atom is 0.306 e. The molecule has 23 heavy (non-hydrogen) atoms. The number of amides is 1. The molecular formula is C14H20N6O3. The molecule has 0 saturated heterocycles. The van der Waals surface area contributed by atoms with E-state index in [4.69, 9.17) is 0 Å². The molecule has 0 saturated carbocycles. The highest BCUT2D eigenvalue weighted by Gasteiger charge is 2.15. The Hall–Kier alpha value is -2.71. The molecule has 0 radical (unpaired) electrons. The van der Waals surface area contributed by atoms with E-state index >= 15 is 0 Å². The molecule has 0 fully saturated rings. The molecule has 2 heterocycles. The van der Waals surface area contributed by atoms with Gasteiger partial charge in [0.2, 0.25) is 5.91 Å². The number of carbonyl (C=O) groups is 1. The molecule has 0 aliphatic carbocycles. The first kappa shape index (κ1) is 16.7. The Morgan fingerprint density at radius 1 is 1.43 bits per heavy atom. The smallest absolute Gasteiger partial charge is 0.306 e. The SMILES string of the molecule is CCn1cc(C(C)NC(=O)CCn2cc([N+](=O)[O-])cn2)c(C)n1. The first-order valence-electron chi connectivity index (χ1n) is 7.40. The van der Waals surface area contributed by atoms with E-state index in [-0.39, 0.29) is 24.1 Å². The van der Waals surface area contributed by atoms with Crippen molar-refractivity contribution in [2.24, 2.45) is 0 Å². The van der Waals surface area contributed by atoms with Gasteiger partial charge in [0.1, 0.15) is 12.4 Å². The van der Waals surface area contributed by atoms with Crippen molar-refractivity contribution < 1.29 is 9.72 Å². The second-order valence-electron chi connectivity index (χ2n) is 5.28. The lowest BCUT2D eigenvalue weighted by Gasteiger charge is -2.13. The van der Waals surface area contributed by atoms with Gasteiger partial charge in [-0.2, -0.15) is 10.2 Å². The monoisotopic (exact) mass is 320 g/mol. The van der Waals surface area contributed by atoms with E-state index < -0.39 is 4.92 Å². The normalized spacial score (nSPS) is 12.1. The van der Waals surface area contributed by atoms with Gasteiger partial charge in [0.05, 0.1) is 16.7 Å². The summed E-state index contributed by atoms with van der Waals surface area (Å²) in [6.07, 6.45) is 4.61. The molecule has 2 rings (SSSR count). The zero-order valence-corrected chi connectivity index (χ0v) is 13.4. The molecule has 9 nitrogen and oxygen atoms in total. The number of nitrogens with zero attached hydrogens (tertiary/aromatic N) is 5. The van der Waals surface area contributed by atoms with Gasteiger partial charge in [0.25, 0.3) is 0 Å². The number of carbonyl (C=O) groups excluding carboxylic acids is 1. The van der Waals surface area contributed by atoms with Crippen molar-refractivity contribution in [2.45, 2.75) is 46.3 Å². The van der Waals surface area contributed by atoms with E-state index in [1.807, 2.05) is 31.6 Å². The third-order valence-corrected chi connectivity index (χ3v) is 3.55. The van der Waals surface area contributed by atoms with Crippen molar-refractivity contribution in [1.82, 2.24) is 24.9 Å². The Morgan fingerprint density at radius 2 is 2.17 bits per heavy atom. The molecule has 0 aromatic carbocycles. The van der Waals surface area contributed by atoms with Gasteiger partial charge >= 0.3 is 5.69 Å². The number of hydrogen-bond donors (Lipinski definition) is 1. The zero-order valence-electron chi connectivity index (χ0n) is 13.4. The maximum absolute atomic E-state index is 12.0. The van der Waals surface area contributed by atoms with Crippen molar-refractivity contribution in [3.8, 4) is 0 Å². The summed E-state index contributed by atoms with van der Waals surface area (Å²) in [5.74, 6) is -0.140. The van der Waals surface area contributed by atoms with Gasteiger partial charge in [-0.25, -0.2) is 0 Å². The lowest BCUT2D eigenvalue weighted by Crippen LogP contribution is -2.27. The highest BCUT2D eigenvalue weighted by atomic mass is 16.6. The largest absolute Gasteiger partial charge is 0.349 e. The number of hydrogen-bond acceptors (Lipinski definition) is 5. The fourth-order valence-electron chi connectivity index (χ4n) is 2.30. The molecule has 124 valence electrons. The molecule has 0 spiro atoms. The van der Waals surface area contributed by atoms with Crippen LogP contribution in [0.15, 0.2) is 18.6 Å². The third kappa shape index (κ3) is 4.15. The molecule has 2 aromatic heterocycles. The molecule has 1 atom stereocenters. The Labute approximate surface area is 133 Å². The molecule has 0 bridgehead atoms. The van der Waals surface area contributed by atoms with Crippen LogP contribution in [0.2, 0.25) is 0 Å². The van der Waals surface area contributed by atoms with E-state index in [2.05, 4.69) is 15.5 Å². The van der Waals surface area contributed by atoms with Crippen molar-refractivity contribution in [3.63, 3.8) is 0 Å². The van der Waals surface area contributed by atoms with Crippen LogP contribution in [0.25, 0.3) is 0 Å². The van der Waals surface area contributed by atoms with Crippen LogP contribution in [0, 0.1) is 17.0 Å². The summed E-state index contributed by atoms with van der Waals surface area (Å²) in [4.78, 5) is 22.1. The molecular weight excluding hydrogens is 300 g/mol. The first-order chi connectivity index (χ1) is 10.9. The van der Waals surface area contributed by atoms with Crippen LogP contribution >= 0.6 is 0 Å². The number of aromatic nitrogens is 4. The van der Waals surface area contributed by atoms with Crippen LogP contribution in [0.3, 0.4) is 0 Å². The summed E-state index contributed by atoms with van der Waals surface area (Å²) in [7, 11) is 0. The Balaban J connectivity index is 1.88. The second kappa shape index (κ2) is 7.03. The zero-order chi connectivity index (χ0) is 17.0. The summed E-state index contributed by atoms with van der Waals surface area (Å²) >= 11 is 0. The predicted octanol–water partition coefficient (Wildman–Crippen LogP) is 1.58. The topological polar surface area (TPSA) is 108 Å². The fourth-order valence-corrected chi connectivity index (χ4v) is 2.30. The Bertz CT molecular complexity index is 705. The van der Waals surface area contributed by atoms with Crippen molar-refractivity contribution >= 4 is 11.6 Å². The highest BCUT2D eigenvalue weighted by Crippen LogP contribution is 2.16. The third-order valence-electron chi connectivity index (χ3n) is 3.55. The average molecular weight is 320 g/mol. The number of nitro groups is 1. The lowest BCUT2D eigenvalue weighted by molar-refractivity contribution is -0.385. The Morgan fingerprint density at radius 3 is 2.74 bits per heavy atom. The minimum atomic E-state index is -0.514. The van der Waals surface area contributed by atoms with E-state index in [0.29, 0.717) is 6.54 Å². The average Bonchev–Trinajstić information content (AvgIpc) is 3.11.